The number of nitrogens with one attached hydrogen (secondary N) is 1. The predicted octanol–water partition coefficient (Wildman–Crippen LogP) is 1.56. The number of sulfonamides is 1. The zero-order chi connectivity index (χ0) is 12.6. The van der Waals surface area contributed by atoms with E-state index in [9.17, 15) is 8.42 Å². The molecule has 0 radical (unpaired) electrons. The molecular weight excluding hydrogens is 306 g/mol. The molecule has 1 fully saturated rings. The molecule has 0 bridgehead atoms. The maximum Gasteiger partial charge on any atom is 0.241 e. The number of hydrogen-bond donors (Lipinski definition) is 2. The monoisotopic (exact) mass is 319 g/mol. The molecule has 0 aromatic heterocycles. The van der Waals surface area contributed by atoms with Gasteiger partial charge < -0.3 is 5.11 Å². The molecule has 6 heteroatoms. The van der Waals surface area contributed by atoms with Gasteiger partial charge >= 0.3 is 0 Å². The number of benzene rings is 1. The molecule has 2 N–H and O–H groups in total. The largest absolute Gasteiger partial charge is 0.393 e. The number of halogens is 1. The maximum atomic E-state index is 12.1. The van der Waals surface area contributed by atoms with E-state index in [4.69, 9.17) is 5.11 Å². The predicted molar refractivity (Wildman–Crippen MR) is 68.2 cm³/mol. The normalized spacial score (nSPS) is 24.4. The van der Waals surface area contributed by atoms with E-state index in [-0.39, 0.29) is 17.0 Å². The zero-order valence-corrected chi connectivity index (χ0v) is 11.8. The molecule has 1 saturated carbocycles. The first kappa shape index (κ1) is 13.0. The van der Waals surface area contributed by atoms with Crippen LogP contribution in [0, 0.1) is 6.92 Å². The van der Waals surface area contributed by atoms with Crippen molar-refractivity contribution in [3.8, 4) is 0 Å². The van der Waals surface area contributed by atoms with Crippen LogP contribution in [0.2, 0.25) is 0 Å². The van der Waals surface area contributed by atoms with Gasteiger partial charge in [-0.05, 0) is 37.5 Å². The standard InChI is InChI=1S/C11H14BrNO3S/c1-7-2-3-8(12)4-11(7)17(15,16)13-9-5-10(14)6-9/h2-4,9-10,13-14H,5-6H2,1H3. The Morgan fingerprint density at radius 1 is 1.41 bits per heavy atom. The Hall–Kier alpha value is -0.430. The summed E-state index contributed by atoms with van der Waals surface area (Å²) in [7, 11) is -3.49. The molecule has 0 unspecified atom stereocenters. The fourth-order valence-electron chi connectivity index (χ4n) is 1.83. The number of hydrogen-bond acceptors (Lipinski definition) is 3. The van der Waals surface area contributed by atoms with Crippen molar-refractivity contribution < 1.29 is 13.5 Å². The summed E-state index contributed by atoms with van der Waals surface area (Å²) in [5.41, 5.74) is 0.709. The molecule has 0 saturated heterocycles. The second-order valence-corrected chi connectivity index (χ2v) is 6.95. The highest BCUT2D eigenvalue weighted by Gasteiger charge is 2.31. The second kappa shape index (κ2) is 4.68. The Kier molecular flexibility index (Phi) is 3.58. The summed E-state index contributed by atoms with van der Waals surface area (Å²) in [6.07, 6.45) is 0.616. The molecule has 17 heavy (non-hydrogen) atoms. The smallest absolute Gasteiger partial charge is 0.241 e. The summed E-state index contributed by atoms with van der Waals surface area (Å²) in [4.78, 5) is 0.285. The van der Waals surface area contributed by atoms with Crippen molar-refractivity contribution in [1.82, 2.24) is 4.72 Å². The molecule has 4 nitrogen and oxygen atoms in total. The van der Waals surface area contributed by atoms with Crippen LogP contribution in [0.25, 0.3) is 0 Å². The van der Waals surface area contributed by atoms with Crippen LogP contribution in [0.15, 0.2) is 27.6 Å². The van der Waals surface area contributed by atoms with E-state index in [1.807, 2.05) is 0 Å². The average Bonchev–Trinajstić information content (AvgIpc) is 2.19. The van der Waals surface area contributed by atoms with Gasteiger partial charge in [-0.1, -0.05) is 22.0 Å². The van der Waals surface area contributed by atoms with Gasteiger partial charge in [0, 0.05) is 10.5 Å². The molecule has 0 aliphatic heterocycles. The zero-order valence-electron chi connectivity index (χ0n) is 9.35. The van der Waals surface area contributed by atoms with Gasteiger partial charge in [0.15, 0.2) is 0 Å². The van der Waals surface area contributed by atoms with Gasteiger partial charge in [-0.2, -0.15) is 0 Å². The van der Waals surface area contributed by atoms with Gasteiger partial charge in [0.25, 0.3) is 0 Å². The fraction of sp³-hybridized carbons (Fsp3) is 0.455. The van der Waals surface area contributed by atoms with Crippen molar-refractivity contribution in [3.05, 3.63) is 28.2 Å². The minimum Gasteiger partial charge on any atom is -0.393 e. The van der Waals surface area contributed by atoms with E-state index < -0.39 is 10.0 Å². The van der Waals surface area contributed by atoms with E-state index in [2.05, 4.69) is 20.7 Å². The third-order valence-corrected chi connectivity index (χ3v) is 5.03. The summed E-state index contributed by atoms with van der Waals surface area (Å²) >= 11 is 3.26. The highest BCUT2D eigenvalue weighted by molar-refractivity contribution is 9.10. The summed E-state index contributed by atoms with van der Waals surface area (Å²) in [6.45, 7) is 1.76. The number of rotatable bonds is 3. The molecule has 94 valence electrons. The van der Waals surface area contributed by atoms with Crippen molar-refractivity contribution in [2.75, 3.05) is 0 Å². The van der Waals surface area contributed by atoms with Crippen LogP contribution in [0.3, 0.4) is 0 Å². The first-order valence-electron chi connectivity index (χ1n) is 5.35. The minimum atomic E-state index is -3.49. The topological polar surface area (TPSA) is 66.4 Å². The van der Waals surface area contributed by atoms with Gasteiger partial charge in [0.05, 0.1) is 11.0 Å². The molecule has 1 aliphatic rings. The second-order valence-electron chi connectivity index (χ2n) is 4.35. The molecule has 0 heterocycles. The van der Waals surface area contributed by atoms with Gasteiger partial charge in [0.1, 0.15) is 0 Å². The molecular formula is C11H14BrNO3S. The average molecular weight is 320 g/mol. The van der Waals surface area contributed by atoms with Crippen LogP contribution in [0.1, 0.15) is 18.4 Å². The van der Waals surface area contributed by atoms with Gasteiger partial charge in [-0.3, -0.25) is 0 Å². The molecule has 1 aromatic carbocycles. The lowest BCUT2D eigenvalue weighted by atomic mass is 9.91. The van der Waals surface area contributed by atoms with Gasteiger partial charge in [0.2, 0.25) is 10.0 Å². The van der Waals surface area contributed by atoms with Crippen LogP contribution < -0.4 is 4.72 Å². The van der Waals surface area contributed by atoms with Crippen molar-refractivity contribution >= 4 is 26.0 Å². The SMILES string of the molecule is Cc1ccc(Br)cc1S(=O)(=O)NC1CC(O)C1. The Morgan fingerprint density at radius 2 is 2.06 bits per heavy atom. The Balaban J connectivity index is 2.22. The summed E-state index contributed by atoms with van der Waals surface area (Å²) in [5.74, 6) is 0. The highest BCUT2D eigenvalue weighted by Crippen LogP contribution is 2.24. The van der Waals surface area contributed by atoms with E-state index in [0.717, 1.165) is 4.47 Å². The third-order valence-electron chi connectivity index (χ3n) is 2.87. The van der Waals surface area contributed by atoms with Gasteiger partial charge in [-0.25, -0.2) is 13.1 Å². The number of aliphatic hydroxyl groups excluding tert-OH is 1. The number of aliphatic hydroxyl groups is 1. The van der Waals surface area contributed by atoms with Gasteiger partial charge in [-0.15, -0.1) is 0 Å². The van der Waals surface area contributed by atoms with Crippen LogP contribution in [0.5, 0.6) is 0 Å². The lowest BCUT2D eigenvalue weighted by Gasteiger charge is -2.31. The first-order chi connectivity index (χ1) is 7.88. The van der Waals surface area contributed by atoms with Crippen LogP contribution in [-0.2, 0) is 10.0 Å². The Bertz CT molecular complexity index is 524. The first-order valence-corrected chi connectivity index (χ1v) is 7.62. The molecule has 0 spiro atoms. The molecule has 0 atom stereocenters. The summed E-state index contributed by atoms with van der Waals surface area (Å²) in [6, 6.07) is 5.01. The lowest BCUT2D eigenvalue weighted by Crippen LogP contribution is -2.46. The maximum absolute atomic E-state index is 12.1. The van der Waals surface area contributed by atoms with E-state index in [1.54, 1.807) is 25.1 Å². The quantitative estimate of drug-likeness (QED) is 0.888. The summed E-state index contributed by atoms with van der Waals surface area (Å²) < 4.78 is 27.5. The van der Waals surface area contributed by atoms with Crippen LogP contribution >= 0.6 is 15.9 Å². The fourth-order valence-corrected chi connectivity index (χ4v) is 3.88. The van der Waals surface area contributed by atoms with E-state index in [0.29, 0.717) is 18.4 Å². The minimum absolute atomic E-state index is 0.145. The van der Waals surface area contributed by atoms with Crippen molar-refractivity contribution in [2.24, 2.45) is 0 Å². The van der Waals surface area contributed by atoms with Crippen LogP contribution in [0.4, 0.5) is 0 Å². The number of aryl methyl sites for hydroxylation is 1. The van der Waals surface area contributed by atoms with Crippen LogP contribution in [-0.4, -0.2) is 25.7 Å². The molecule has 2 rings (SSSR count). The Labute approximate surface area is 109 Å². The lowest BCUT2D eigenvalue weighted by molar-refractivity contribution is 0.0712. The third kappa shape index (κ3) is 2.88. The molecule has 1 aromatic rings. The Morgan fingerprint density at radius 3 is 2.65 bits per heavy atom. The van der Waals surface area contributed by atoms with Crippen molar-refractivity contribution in [3.63, 3.8) is 0 Å². The van der Waals surface area contributed by atoms with E-state index >= 15 is 0 Å². The van der Waals surface area contributed by atoms with Crippen molar-refractivity contribution in [1.29, 1.82) is 0 Å². The highest BCUT2D eigenvalue weighted by atomic mass is 79.9. The molecule has 0 amide bonds. The van der Waals surface area contributed by atoms with E-state index in [1.165, 1.54) is 0 Å². The molecule has 1 aliphatic carbocycles. The van der Waals surface area contributed by atoms with Crippen molar-refractivity contribution in [2.45, 2.75) is 36.8 Å². The summed E-state index contributed by atoms with van der Waals surface area (Å²) in [5, 5.41) is 9.14.